The van der Waals surface area contributed by atoms with Crippen molar-refractivity contribution >= 4 is 34.7 Å². The van der Waals surface area contributed by atoms with E-state index in [0.29, 0.717) is 40.1 Å². The molecule has 0 radical (unpaired) electrons. The number of phenols is 1. The summed E-state index contributed by atoms with van der Waals surface area (Å²) in [4.78, 5) is 27.8. The average molecular weight is 508 g/mol. The minimum atomic E-state index is -1.02. The fourth-order valence-corrected chi connectivity index (χ4v) is 4.23. The smallest absolute Gasteiger partial charge is 0.300 e. The highest BCUT2D eigenvalue weighted by molar-refractivity contribution is 6.51. The number of ether oxygens (including phenoxy) is 2. The topological polar surface area (TPSA) is 96.3 Å². The van der Waals surface area contributed by atoms with Gasteiger partial charge in [-0.3, -0.25) is 14.5 Å². The molecule has 1 saturated heterocycles. The molecule has 2 N–H and O–H groups in total. The highest BCUT2D eigenvalue weighted by Crippen LogP contribution is 2.44. The first-order valence-corrected chi connectivity index (χ1v) is 11.8. The molecule has 36 heavy (non-hydrogen) atoms. The summed E-state index contributed by atoms with van der Waals surface area (Å²) < 4.78 is 10.8. The van der Waals surface area contributed by atoms with Gasteiger partial charge < -0.3 is 19.7 Å². The van der Waals surface area contributed by atoms with Gasteiger partial charge in [0.1, 0.15) is 11.5 Å². The van der Waals surface area contributed by atoms with E-state index >= 15 is 0 Å². The van der Waals surface area contributed by atoms with Gasteiger partial charge in [-0.25, -0.2) is 0 Å². The van der Waals surface area contributed by atoms with Gasteiger partial charge in [-0.1, -0.05) is 37.6 Å². The maximum Gasteiger partial charge on any atom is 0.300 e. The molecular weight excluding hydrogens is 482 g/mol. The van der Waals surface area contributed by atoms with Crippen LogP contribution in [-0.2, 0) is 9.59 Å². The second kappa shape index (κ2) is 10.3. The summed E-state index contributed by atoms with van der Waals surface area (Å²) in [7, 11) is 1.42. The van der Waals surface area contributed by atoms with E-state index in [1.165, 1.54) is 24.1 Å². The molecule has 7 nitrogen and oxygen atoms in total. The second-order valence-corrected chi connectivity index (χ2v) is 9.25. The van der Waals surface area contributed by atoms with Crippen LogP contribution in [0.1, 0.15) is 31.0 Å². The monoisotopic (exact) mass is 507 g/mol. The van der Waals surface area contributed by atoms with Crippen LogP contribution in [0.5, 0.6) is 17.2 Å². The summed E-state index contributed by atoms with van der Waals surface area (Å²) in [5, 5.41) is 22.1. The van der Waals surface area contributed by atoms with Crippen LogP contribution in [0.2, 0.25) is 5.02 Å². The summed E-state index contributed by atoms with van der Waals surface area (Å²) in [5.74, 6) is -0.982. The van der Waals surface area contributed by atoms with Crippen LogP contribution >= 0.6 is 11.6 Å². The number of anilines is 1. The van der Waals surface area contributed by atoms with Crippen LogP contribution in [0.15, 0.2) is 72.3 Å². The van der Waals surface area contributed by atoms with Crippen LogP contribution in [-0.4, -0.2) is 35.6 Å². The highest BCUT2D eigenvalue weighted by Gasteiger charge is 2.47. The van der Waals surface area contributed by atoms with Crippen LogP contribution in [0.25, 0.3) is 5.76 Å². The quantitative estimate of drug-likeness (QED) is 0.241. The minimum Gasteiger partial charge on any atom is -0.507 e. The standard InChI is InChI=1S/C28H26ClNO6/c1-16(2)15-36-21-10-7-17(8-11-21)26(32)24-25(18-9-12-23(35-3)22(31)13-18)30(28(34)27(24)33)20-6-4-5-19(29)14-20/h4-14,16,25,31-32H,15H2,1-3H3/b26-24-. The molecule has 1 aliphatic heterocycles. The van der Waals surface area contributed by atoms with Crippen molar-refractivity contribution in [1.82, 2.24) is 0 Å². The maximum atomic E-state index is 13.3. The third kappa shape index (κ3) is 4.88. The molecule has 1 amide bonds. The van der Waals surface area contributed by atoms with Crippen molar-refractivity contribution in [3.05, 3.63) is 88.5 Å². The Labute approximate surface area is 214 Å². The van der Waals surface area contributed by atoms with Crippen LogP contribution in [0.4, 0.5) is 5.69 Å². The molecule has 8 heteroatoms. The van der Waals surface area contributed by atoms with E-state index in [0.717, 1.165) is 0 Å². The normalized spacial score (nSPS) is 17.0. The summed E-state index contributed by atoms with van der Waals surface area (Å²) >= 11 is 6.17. The number of aromatic hydroxyl groups is 1. The molecule has 1 heterocycles. The molecule has 3 aromatic carbocycles. The summed E-state index contributed by atoms with van der Waals surface area (Å²) in [6.45, 7) is 4.61. The molecule has 3 aromatic rings. The molecule has 1 aliphatic rings. The summed E-state index contributed by atoms with van der Waals surface area (Å²) in [6.07, 6.45) is 0. The van der Waals surface area contributed by atoms with E-state index in [-0.39, 0.29) is 22.8 Å². The Kier molecular flexibility index (Phi) is 7.22. The van der Waals surface area contributed by atoms with Gasteiger partial charge in [-0.2, -0.15) is 0 Å². The number of carbonyl (C=O) groups excluding carboxylic acids is 2. The Hall–Kier alpha value is -3.97. The van der Waals surface area contributed by atoms with Crippen molar-refractivity contribution in [2.24, 2.45) is 5.92 Å². The number of halogens is 1. The zero-order chi connectivity index (χ0) is 26.0. The predicted octanol–water partition coefficient (Wildman–Crippen LogP) is 5.72. The number of hydrogen-bond acceptors (Lipinski definition) is 6. The third-order valence-corrected chi connectivity index (χ3v) is 6.00. The number of nitrogens with zero attached hydrogens (tertiary/aromatic N) is 1. The number of hydrogen-bond donors (Lipinski definition) is 2. The molecular formula is C28H26ClNO6. The van der Waals surface area contributed by atoms with Crippen LogP contribution in [0, 0.1) is 5.92 Å². The van der Waals surface area contributed by atoms with Crippen molar-refractivity contribution in [3.8, 4) is 17.2 Å². The molecule has 4 rings (SSSR count). The SMILES string of the molecule is COc1ccc(C2/C(=C(/O)c3ccc(OCC(C)C)cc3)C(=O)C(=O)N2c2cccc(Cl)c2)cc1O. The zero-order valence-corrected chi connectivity index (χ0v) is 20.8. The molecule has 186 valence electrons. The first-order chi connectivity index (χ1) is 17.2. The Morgan fingerprint density at radius 1 is 1.06 bits per heavy atom. The number of aliphatic hydroxyl groups is 1. The van der Waals surface area contributed by atoms with Gasteiger partial charge in [0.05, 0.1) is 25.3 Å². The average Bonchev–Trinajstić information content (AvgIpc) is 3.13. The van der Waals surface area contributed by atoms with Crippen molar-refractivity contribution < 1.29 is 29.3 Å². The van der Waals surface area contributed by atoms with Crippen molar-refractivity contribution in [1.29, 1.82) is 0 Å². The largest absolute Gasteiger partial charge is 0.507 e. The number of aliphatic hydroxyl groups excluding tert-OH is 1. The summed E-state index contributed by atoms with van der Waals surface area (Å²) in [5.41, 5.74) is 1.02. The molecule has 1 unspecified atom stereocenters. The molecule has 0 saturated carbocycles. The number of phenolic OH excluding ortho intramolecular Hbond substituents is 1. The van der Waals surface area contributed by atoms with Crippen LogP contribution < -0.4 is 14.4 Å². The number of amides is 1. The fraction of sp³-hybridized carbons (Fsp3) is 0.214. The lowest BCUT2D eigenvalue weighted by Crippen LogP contribution is -2.29. The van der Waals surface area contributed by atoms with Gasteiger partial charge in [0.15, 0.2) is 11.5 Å². The van der Waals surface area contributed by atoms with Gasteiger partial charge >= 0.3 is 0 Å². The van der Waals surface area contributed by atoms with Gasteiger partial charge in [-0.15, -0.1) is 0 Å². The minimum absolute atomic E-state index is 0.111. The molecule has 0 spiro atoms. The lowest BCUT2D eigenvalue weighted by molar-refractivity contribution is -0.132. The first-order valence-electron chi connectivity index (χ1n) is 11.4. The lowest BCUT2D eigenvalue weighted by Gasteiger charge is -2.26. The predicted molar refractivity (Wildman–Crippen MR) is 138 cm³/mol. The number of carbonyl (C=O) groups is 2. The van der Waals surface area contributed by atoms with E-state index in [9.17, 15) is 19.8 Å². The van der Waals surface area contributed by atoms with E-state index in [1.807, 2.05) is 13.8 Å². The van der Waals surface area contributed by atoms with Crippen molar-refractivity contribution in [3.63, 3.8) is 0 Å². The zero-order valence-electron chi connectivity index (χ0n) is 20.1. The summed E-state index contributed by atoms with van der Waals surface area (Å²) in [6, 6.07) is 16.7. The molecule has 1 atom stereocenters. The fourth-order valence-electron chi connectivity index (χ4n) is 4.04. The highest BCUT2D eigenvalue weighted by atomic mass is 35.5. The van der Waals surface area contributed by atoms with Crippen LogP contribution in [0.3, 0.4) is 0 Å². The number of Topliss-reactive ketones (excluding diaryl/α,β-unsaturated/α-hetero) is 1. The number of methoxy groups -OCH3 is 1. The van der Waals surface area contributed by atoms with Gasteiger partial charge in [0.25, 0.3) is 11.7 Å². The Bertz CT molecular complexity index is 1330. The second-order valence-electron chi connectivity index (χ2n) is 8.81. The molecule has 0 aromatic heterocycles. The van der Waals surface area contributed by atoms with E-state index in [1.54, 1.807) is 54.6 Å². The van der Waals surface area contributed by atoms with Gasteiger partial charge in [0.2, 0.25) is 0 Å². The van der Waals surface area contributed by atoms with E-state index in [2.05, 4.69) is 0 Å². The van der Waals surface area contributed by atoms with E-state index in [4.69, 9.17) is 21.1 Å². The Morgan fingerprint density at radius 3 is 2.39 bits per heavy atom. The number of ketones is 1. The number of rotatable bonds is 7. The first kappa shape index (κ1) is 25.1. The maximum absolute atomic E-state index is 13.3. The number of benzene rings is 3. The lowest BCUT2D eigenvalue weighted by atomic mass is 9.94. The van der Waals surface area contributed by atoms with Gasteiger partial charge in [0, 0.05) is 16.3 Å². The third-order valence-electron chi connectivity index (χ3n) is 5.76. The van der Waals surface area contributed by atoms with Crippen molar-refractivity contribution in [2.45, 2.75) is 19.9 Å². The Balaban J connectivity index is 1.85. The van der Waals surface area contributed by atoms with Gasteiger partial charge in [-0.05, 0) is 66.1 Å². The molecule has 0 aliphatic carbocycles. The van der Waals surface area contributed by atoms with E-state index < -0.39 is 17.7 Å². The molecule has 1 fully saturated rings. The molecule has 0 bridgehead atoms. The Morgan fingerprint density at radius 2 is 1.78 bits per heavy atom. The van der Waals surface area contributed by atoms with Crippen molar-refractivity contribution in [2.75, 3.05) is 18.6 Å².